The zero-order chi connectivity index (χ0) is 10.7. The summed E-state index contributed by atoms with van der Waals surface area (Å²) in [6.07, 6.45) is 1.36. The fraction of sp³-hybridized carbons (Fsp3) is 0.364. The number of alkyl halides is 1. The van der Waals surface area contributed by atoms with Gasteiger partial charge in [-0.25, -0.2) is 0 Å². The summed E-state index contributed by atoms with van der Waals surface area (Å²) in [5.41, 5.74) is 2.07. The molecule has 0 aliphatic carbocycles. The third-order valence-electron chi connectivity index (χ3n) is 2.32. The molecule has 1 amide bonds. The Balaban J connectivity index is 2.15. The van der Waals surface area contributed by atoms with Crippen molar-refractivity contribution in [1.29, 1.82) is 0 Å². The lowest BCUT2D eigenvalue weighted by molar-refractivity contribution is -0.116. The van der Waals surface area contributed by atoms with Crippen molar-refractivity contribution in [2.75, 3.05) is 17.3 Å². The van der Waals surface area contributed by atoms with Gasteiger partial charge in [-0.3, -0.25) is 4.79 Å². The molecule has 3 nitrogen and oxygen atoms in total. The molecule has 0 atom stereocenters. The fourth-order valence-electron chi connectivity index (χ4n) is 1.61. The van der Waals surface area contributed by atoms with Crippen molar-refractivity contribution in [1.82, 2.24) is 0 Å². The van der Waals surface area contributed by atoms with Gasteiger partial charge in [0.15, 0.2) is 0 Å². The summed E-state index contributed by atoms with van der Waals surface area (Å²) in [5, 5.41) is 3.66. The van der Waals surface area contributed by atoms with Crippen LogP contribution in [-0.2, 0) is 11.2 Å². The largest absolute Gasteiger partial charge is 0.493 e. The monoisotopic (exact) mass is 269 g/mol. The number of aryl methyl sites for hydroxylation is 1. The van der Waals surface area contributed by atoms with E-state index in [-0.39, 0.29) is 5.91 Å². The first kappa shape index (κ1) is 10.5. The molecular formula is C11H12BrNO2. The quantitative estimate of drug-likeness (QED) is 0.856. The highest BCUT2D eigenvalue weighted by Gasteiger charge is 2.14. The van der Waals surface area contributed by atoms with Crippen LogP contribution in [0.5, 0.6) is 5.75 Å². The molecule has 2 rings (SSSR count). The van der Waals surface area contributed by atoms with E-state index >= 15 is 0 Å². The van der Waals surface area contributed by atoms with Gasteiger partial charge < -0.3 is 10.1 Å². The van der Waals surface area contributed by atoms with Crippen LogP contribution in [0.2, 0.25) is 0 Å². The van der Waals surface area contributed by atoms with Gasteiger partial charge >= 0.3 is 0 Å². The van der Waals surface area contributed by atoms with Crippen LogP contribution < -0.4 is 10.1 Å². The first-order chi connectivity index (χ1) is 7.29. The maximum atomic E-state index is 11.1. The second-order valence-corrected chi connectivity index (χ2v) is 4.20. The number of halogens is 1. The fourth-order valence-corrected chi connectivity index (χ4v) is 1.77. The predicted octanol–water partition coefficient (Wildman–Crippen LogP) is 2.34. The van der Waals surface area contributed by atoms with E-state index < -0.39 is 0 Å². The van der Waals surface area contributed by atoms with Crippen molar-refractivity contribution in [3.63, 3.8) is 0 Å². The average molecular weight is 270 g/mol. The minimum atomic E-state index is 0.0941. The van der Waals surface area contributed by atoms with Gasteiger partial charge in [-0.1, -0.05) is 15.9 Å². The third kappa shape index (κ3) is 2.50. The van der Waals surface area contributed by atoms with E-state index in [9.17, 15) is 4.79 Å². The minimum Gasteiger partial charge on any atom is -0.493 e. The number of carbonyl (C=O) groups is 1. The zero-order valence-corrected chi connectivity index (χ0v) is 9.84. The van der Waals surface area contributed by atoms with Gasteiger partial charge in [0.1, 0.15) is 5.75 Å². The predicted molar refractivity (Wildman–Crippen MR) is 62.7 cm³/mol. The van der Waals surface area contributed by atoms with Crippen molar-refractivity contribution in [2.45, 2.75) is 12.8 Å². The lowest BCUT2D eigenvalue weighted by atomic mass is 10.0. The normalized spacial score (nSPS) is 14.3. The molecule has 0 fully saturated rings. The molecule has 1 aliphatic heterocycles. The summed E-state index contributed by atoms with van der Waals surface area (Å²) < 4.78 is 5.49. The van der Waals surface area contributed by atoms with Crippen LogP contribution in [0.3, 0.4) is 0 Å². The second-order valence-electron chi connectivity index (χ2n) is 3.40. The molecular weight excluding hydrogens is 258 g/mol. The molecule has 15 heavy (non-hydrogen) atoms. The van der Waals surface area contributed by atoms with E-state index in [1.807, 2.05) is 18.2 Å². The summed E-state index contributed by atoms with van der Waals surface area (Å²) in [6, 6.07) is 5.78. The lowest BCUT2D eigenvalue weighted by Gasteiger charge is -2.17. The molecule has 1 aliphatic rings. The van der Waals surface area contributed by atoms with Crippen molar-refractivity contribution < 1.29 is 9.53 Å². The van der Waals surface area contributed by atoms with Crippen LogP contribution in [-0.4, -0.2) is 17.8 Å². The Morgan fingerprint density at radius 3 is 3.07 bits per heavy atom. The van der Waals surface area contributed by atoms with Crippen molar-refractivity contribution in [3.8, 4) is 5.75 Å². The smallest absolute Gasteiger partial charge is 0.224 e. The van der Waals surface area contributed by atoms with Gasteiger partial charge in [0, 0.05) is 17.4 Å². The van der Waals surface area contributed by atoms with Gasteiger partial charge in [-0.15, -0.1) is 0 Å². The number of ether oxygens (including phenoxy) is 1. The Kier molecular flexibility index (Phi) is 3.26. The van der Waals surface area contributed by atoms with Crippen LogP contribution in [0.25, 0.3) is 0 Å². The standard InChI is InChI=1S/C11H12BrNO2/c12-5-6-15-9-2-3-10-8(7-9)1-4-11(14)13-10/h2-3,7H,1,4-6H2,(H,13,14). The van der Waals surface area contributed by atoms with E-state index in [1.165, 1.54) is 0 Å². The molecule has 80 valence electrons. The Morgan fingerprint density at radius 1 is 1.40 bits per heavy atom. The number of anilines is 1. The molecule has 4 heteroatoms. The van der Waals surface area contributed by atoms with E-state index in [2.05, 4.69) is 21.2 Å². The third-order valence-corrected chi connectivity index (χ3v) is 2.64. The van der Waals surface area contributed by atoms with E-state index in [1.54, 1.807) is 0 Å². The number of hydrogen-bond acceptors (Lipinski definition) is 2. The van der Waals surface area contributed by atoms with Crippen LogP contribution >= 0.6 is 15.9 Å². The molecule has 1 aromatic carbocycles. The highest BCUT2D eigenvalue weighted by atomic mass is 79.9. The number of rotatable bonds is 3. The topological polar surface area (TPSA) is 38.3 Å². The summed E-state index contributed by atoms with van der Waals surface area (Å²) in [5.74, 6) is 0.959. The second kappa shape index (κ2) is 4.66. The lowest BCUT2D eigenvalue weighted by Crippen LogP contribution is -2.18. The Labute approximate surface area is 96.9 Å². The van der Waals surface area contributed by atoms with Crippen LogP contribution in [0, 0.1) is 0 Å². The molecule has 1 heterocycles. The molecule has 0 unspecified atom stereocenters. The van der Waals surface area contributed by atoms with Gasteiger partial charge in [0.2, 0.25) is 5.91 Å². The van der Waals surface area contributed by atoms with Crippen molar-refractivity contribution in [3.05, 3.63) is 23.8 Å². The van der Waals surface area contributed by atoms with Gasteiger partial charge in [-0.2, -0.15) is 0 Å². The molecule has 0 radical (unpaired) electrons. The number of nitrogens with one attached hydrogen (secondary N) is 1. The maximum absolute atomic E-state index is 11.1. The number of benzene rings is 1. The summed E-state index contributed by atoms with van der Waals surface area (Å²) in [6.45, 7) is 0.658. The minimum absolute atomic E-state index is 0.0941. The maximum Gasteiger partial charge on any atom is 0.224 e. The molecule has 0 aromatic heterocycles. The molecule has 1 aromatic rings. The summed E-state index contributed by atoms with van der Waals surface area (Å²) in [7, 11) is 0. The summed E-state index contributed by atoms with van der Waals surface area (Å²) >= 11 is 3.31. The summed E-state index contributed by atoms with van der Waals surface area (Å²) in [4.78, 5) is 11.1. The van der Waals surface area contributed by atoms with E-state index in [4.69, 9.17) is 4.74 Å². The van der Waals surface area contributed by atoms with Crippen molar-refractivity contribution >= 4 is 27.5 Å². The SMILES string of the molecule is O=C1CCc2cc(OCCBr)ccc2N1. The zero-order valence-electron chi connectivity index (χ0n) is 8.25. The van der Waals surface area contributed by atoms with E-state index in [0.29, 0.717) is 13.0 Å². The van der Waals surface area contributed by atoms with E-state index in [0.717, 1.165) is 28.8 Å². The van der Waals surface area contributed by atoms with Gasteiger partial charge in [0.25, 0.3) is 0 Å². The first-order valence-corrected chi connectivity index (χ1v) is 6.03. The van der Waals surface area contributed by atoms with Crippen LogP contribution in [0.4, 0.5) is 5.69 Å². The first-order valence-electron chi connectivity index (χ1n) is 4.91. The Hall–Kier alpha value is -1.03. The van der Waals surface area contributed by atoms with Gasteiger partial charge in [-0.05, 0) is 30.2 Å². The van der Waals surface area contributed by atoms with Gasteiger partial charge in [0.05, 0.1) is 6.61 Å². The molecule has 0 bridgehead atoms. The number of amides is 1. The number of carbonyl (C=O) groups excluding carboxylic acids is 1. The molecule has 0 saturated carbocycles. The Bertz CT molecular complexity index is 379. The molecule has 0 saturated heterocycles. The Morgan fingerprint density at radius 2 is 2.27 bits per heavy atom. The number of hydrogen-bond donors (Lipinski definition) is 1. The van der Waals surface area contributed by atoms with Crippen LogP contribution in [0.15, 0.2) is 18.2 Å². The van der Waals surface area contributed by atoms with Crippen LogP contribution in [0.1, 0.15) is 12.0 Å². The molecule has 1 N–H and O–H groups in total. The highest BCUT2D eigenvalue weighted by Crippen LogP contribution is 2.26. The number of fused-ring (bicyclic) bond motifs is 1. The van der Waals surface area contributed by atoms with Crippen molar-refractivity contribution in [2.24, 2.45) is 0 Å². The average Bonchev–Trinajstić information content (AvgIpc) is 2.26. The highest BCUT2D eigenvalue weighted by molar-refractivity contribution is 9.09. The molecule has 0 spiro atoms.